The van der Waals surface area contributed by atoms with Gasteiger partial charge in [0.1, 0.15) is 40.9 Å². The zero-order chi connectivity index (χ0) is 54.3. The average molecular weight is 1100 g/mol. The Morgan fingerprint density at radius 3 is 2.16 bits per heavy atom. The molecule has 1 saturated carbocycles. The number of rotatable bonds is 14. The molecule has 1 fully saturated rings. The van der Waals surface area contributed by atoms with Gasteiger partial charge in [0, 0.05) is 48.5 Å². The van der Waals surface area contributed by atoms with Gasteiger partial charge in [-0.1, -0.05) is 23.6 Å². The van der Waals surface area contributed by atoms with Gasteiger partial charge in [-0.05, 0) is 74.4 Å². The van der Waals surface area contributed by atoms with Crippen LogP contribution in [-0.4, -0.2) is 106 Å². The Morgan fingerprint density at radius 2 is 1.59 bits per heavy atom. The van der Waals surface area contributed by atoms with Crippen molar-refractivity contribution in [2.45, 2.75) is 81.2 Å². The average Bonchev–Trinajstić information content (AvgIpc) is 3.76. The van der Waals surface area contributed by atoms with Crippen molar-refractivity contribution in [3.8, 4) is 23.0 Å². The number of carbonyl (C=O) groups is 3. The fourth-order valence-corrected chi connectivity index (χ4v) is 9.64. The highest BCUT2D eigenvalue weighted by atomic mass is 35.5. The number of fused-ring (bicyclic) bond motifs is 4. The summed E-state index contributed by atoms with van der Waals surface area (Å²) < 4.78 is 198. The fraction of sp³-hybridized carbons (Fsp3) is 0.409. The van der Waals surface area contributed by atoms with Crippen molar-refractivity contribution in [1.29, 1.82) is 0 Å². The van der Waals surface area contributed by atoms with Gasteiger partial charge in [-0.2, -0.15) is 49.6 Å². The number of carboxylic acid groups (broad SMARTS) is 1. The number of benzene rings is 2. The molecule has 3 amide bonds. The topological polar surface area (TPSA) is 207 Å². The Labute approximate surface area is 413 Å². The van der Waals surface area contributed by atoms with Gasteiger partial charge in [0.15, 0.2) is 21.3 Å². The van der Waals surface area contributed by atoms with E-state index in [1.165, 1.54) is 13.8 Å². The van der Waals surface area contributed by atoms with E-state index in [1.807, 2.05) is 0 Å². The standard InChI is InChI=1S/C44H39ClF10N8O8S2/c1-41(2,72(4,68)69)12-10-24-6-7-25(26-8-9-29(45)34-36(26)62(20-42(48,49)50)59-39(34)63(73(5,70)71)40(67)60(3)13-11-32(65)66)35(56-24)30(16-21-14-22(46)17-23(47)15-21)57-31(64)19-61-38-33(37(58-61)44(53,54)55)27-18-28(27)43(38,51)52/h6-9,14-15,17,27-28,30H,11,13,16,18-20H2,1-5H3,(H,57,64)(H,65,66)/t27-,28+,30?/m0/s1. The second-order valence-corrected chi connectivity index (χ2v) is 22.7. The summed E-state index contributed by atoms with van der Waals surface area (Å²) in [6.45, 7) is -1.50. The normalized spacial score (nSPS) is 16.8. The largest absolute Gasteiger partial charge is 0.481 e. The highest BCUT2D eigenvalue weighted by Crippen LogP contribution is 2.68. The minimum absolute atomic E-state index is 0.0220. The number of urea groups is 1. The molecular weight excluding hydrogens is 1060 g/mol. The summed E-state index contributed by atoms with van der Waals surface area (Å²) in [6.07, 6.45) is -10.8. The zero-order valence-corrected chi connectivity index (χ0v) is 40.8. The molecule has 7 rings (SSSR count). The molecule has 3 aromatic heterocycles. The van der Waals surface area contributed by atoms with Crippen molar-refractivity contribution in [1.82, 2.24) is 34.8 Å². The third kappa shape index (κ3) is 11.1. The molecule has 0 radical (unpaired) electrons. The SMILES string of the molecule is CN(CCC(=O)O)C(=O)N(c1nn(CC(F)(F)F)c2c(-c3ccc(C#CC(C)(C)S(C)(=O)=O)nc3C(Cc3cc(F)cc(F)c3)NC(=O)Cn3nc(C(F)(F)F)c4c3C(F)(F)[C@@H]3C[C@H]43)ccc(Cl)c12)S(C)(=O)=O. The van der Waals surface area contributed by atoms with Crippen molar-refractivity contribution in [2.75, 3.05) is 30.4 Å². The van der Waals surface area contributed by atoms with E-state index in [4.69, 9.17) is 11.6 Å². The Bertz CT molecular complexity index is 3390. The van der Waals surface area contributed by atoms with E-state index < -0.39 is 173 Å². The van der Waals surface area contributed by atoms with Gasteiger partial charge in [-0.15, -0.1) is 0 Å². The number of aliphatic carboxylic acids is 1. The molecule has 1 unspecified atom stereocenters. The maximum absolute atomic E-state index is 15.6. The first-order chi connectivity index (χ1) is 33.5. The Hall–Kier alpha value is -6.47. The van der Waals surface area contributed by atoms with Crippen LogP contribution >= 0.6 is 11.6 Å². The molecule has 0 bridgehead atoms. The third-order valence-electron chi connectivity index (χ3n) is 12.0. The molecule has 2 N–H and O–H groups in total. The number of amides is 3. The van der Waals surface area contributed by atoms with Gasteiger partial charge in [-0.25, -0.2) is 35.4 Å². The number of nitrogens with one attached hydrogen (secondary N) is 1. The number of sulfone groups is 1. The van der Waals surface area contributed by atoms with Crippen LogP contribution in [0, 0.1) is 29.4 Å². The molecule has 3 heterocycles. The molecule has 0 aliphatic heterocycles. The summed E-state index contributed by atoms with van der Waals surface area (Å²) in [5.41, 5.74) is -6.12. The second kappa shape index (κ2) is 18.8. The molecule has 0 spiro atoms. The quantitative estimate of drug-likeness (QED) is 0.0819. The van der Waals surface area contributed by atoms with E-state index in [0.29, 0.717) is 17.2 Å². The summed E-state index contributed by atoms with van der Waals surface area (Å²) in [5, 5.41) is 17.7. The number of pyridine rings is 1. The highest BCUT2D eigenvalue weighted by Gasteiger charge is 2.68. The number of alkyl halides is 8. The number of sulfonamides is 1. The van der Waals surface area contributed by atoms with Crippen LogP contribution in [0.2, 0.25) is 5.02 Å². The third-order valence-corrected chi connectivity index (χ3v) is 15.3. The van der Waals surface area contributed by atoms with Crippen molar-refractivity contribution in [2.24, 2.45) is 5.92 Å². The first-order valence-corrected chi connectivity index (χ1v) is 25.4. The van der Waals surface area contributed by atoms with Crippen LogP contribution in [0.15, 0.2) is 42.5 Å². The van der Waals surface area contributed by atoms with E-state index in [9.17, 15) is 71.4 Å². The Kier molecular flexibility index (Phi) is 14.0. The number of nitrogens with zero attached hydrogens (tertiary/aromatic N) is 7. The van der Waals surface area contributed by atoms with E-state index in [-0.39, 0.29) is 36.9 Å². The predicted octanol–water partition coefficient (Wildman–Crippen LogP) is 7.58. The van der Waals surface area contributed by atoms with E-state index in [0.717, 1.165) is 49.7 Å². The first kappa shape index (κ1) is 54.3. The van der Waals surface area contributed by atoms with Gasteiger partial charge >= 0.3 is 24.4 Å². The van der Waals surface area contributed by atoms with E-state index in [2.05, 4.69) is 32.3 Å². The molecule has 2 aliphatic carbocycles. The maximum atomic E-state index is 15.6. The molecular formula is C44H39ClF10N8O8S2. The number of carboxylic acids is 1. The van der Waals surface area contributed by atoms with Crippen LogP contribution in [0.25, 0.3) is 22.0 Å². The summed E-state index contributed by atoms with van der Waals surface area (Å²) >= 11 is 6.62. The number of aromatic nitrogens is 5. The number of hydrogen-bond donors (Lipinski definition) is 2. The smallest absolute Gasteiger partial charge is 0.435 e. The molecule has 2 aromatic carbocycles. The van der Waals surface area contributed by atoms with Gasteiger partial charge < -0.3 is 15.3 Å². The van der Waals surface area contributed by atoms with Crippen LogP contribution in [0.4, 0.5) is 54.5 Å². The number of halogens is 11. The summed E-state index contributed by atoms with van der Waals surface area (Å²) in [6, 6.07) is 3.10. The lowest BCUT2D eigenvalue weighted by Gasteiger charge is -2.25. The molecule has 5 aromatic rings. The Morgan fingerprint density at radius 1 is 0.959 bits per heavy atom. The van der Waals surface area contributed by atoms with Crippen molar-refractivity contribution < 1.29 is 80.2 Å². The van der Waals surface area contributed by atoms with Crippen LogP contribution in [0.5, 0.6) is 0 Å². The van der Waals surface area contributed by atoms with E-state index >= 15 is 8.78 Å². The van der Waals surface area contributed by atoms with Crippen molar-refractivity contribution in [3.63, 3.8) is 0 Å². The summed E-state index contributed by atoms with van der Waals surface area (Å²) in [4.78, 5) is 44.4. The number of anilines is 1. The second-order valence-electron chi connectivity index (χ2n) is 17.9. The fourth-order valence-electron chi connectivity index (χ4n) is 8.30. The van der Waals surface area contributed by atoms with Crippen LogP contribution < -0.4 is 9.62 Å². The van der Waals surface area contributed by atoms with Crippen LogP contribution in [-0.2, 0) is 61.1 Å². The van der Waals surface area contributed by atoms with Gasteiger partial charge in [-0.3, -0.25) is 19.0 Å². The number of carbonyl (C=O) groups excluding carboxylic acids is 2. The van der Waals surface area contributed by atoms with E-state index in [1.54, 1.807) is 0 Å². The molecule has 73 heavy (non-hydrogen) atoms. The lowest BCUT2D eigenvalue weighted by Crippen LogP contribution is -2.45. The minimum atomic E-state index is -5.24. The van der Waals surface area contributed by atoms with Crippen molar-refractivity contribution >= 4 is 66.1 Å². The molecule has 16 nitrogen and oxygen atoms in total. The van der Waals surface area contributed by atoms with Crippen LogP contribution in [0.3, 0.4) is 0 Å². The lowest BCUT2D eigenvalue weighted by molar-refractivity contribution is -0.143. The monoisotopic (exact) mass is 1100 g/mol. The van der Waals surface area contributed by atoms with Crippen LogP contribution in [0.1, 0.15) is 72.6 Å². The Balaban J connectivity index is 1.49. The molecule has 29 heteroatoms. The van der Waals surface area contributed by atoms with Gasteiger partial charge in [0.25, 0.3) is 5.92 Å². The highest BCUT2D eigenvalue weighted by molar-refractivity contribution is 7.93. The molecule has 3 atom stereocenters. The summed E-state index contributed by atoms with van der Waals surface area (Å²) in [7, 11) is -7.82. The molecule has 0 saturated heterocycles. The van der Waals surface area contributed by atoms with Gasteiger partial charge in [0.05, 0.1) is 40.3 Å². The molecule has 2 aliphatic rings. The summed E-state index contributed by atoms with van der Waals surface area (Å²) in [5.74, 6) is -7.61. The van der Waals surface area contributed by atoms with Gasteiger partial charge in [0.2, 0.25) is 15.9 Å². The lowest BCUT2D eigenvalue weighted by atomic mass is 9.93. The maximum Gasteiger partial charge on any atom is 0.435 e. The predicted molar refractivity (Wildman–Crippen MR) is 240 cm³/mol. The zero-order valence-electron chi connectivity index (χ0n) is 38.4. The minimum Gasteiger partial charge on any atom is -0.481 e. The first-order valence-electron chi connectivity index (χ1n) is 21.3. The van der Waals surface area contributed by atoms with Crippen molar-refractivity contribution in [3.05, 3.63) is 93.0 Å². The number of hydrogen-bond acceptors (Lipinski definition) is 10. The molecule has 392 valence electrons.